The summed E-state index contributed by atoms with van der Waals surface area (Å²) < 4.78 is 2.27. The number of fused-ring (bicyclic) bond motifs is 1. The molecule has 0 spiro atoms. The molecule has 24 heavy (non-hydrogen) atoms. The van der Waals surface area contributed by atoms with Crippen LogP contribution in [0.2, 0.25) is 5.28 Å². The van der Waals surface area contributed by atoms with Crippen LogP contribution in [-0.2, 0) is 0 Å². The van der Waals surface area contributed by atoms with Crippen molar-refractivity contribution >= 4 is 22.6 Å². The molecule has 2 fully saturated rings. The topological polar surface area (TPSA) is 21.1 Å². The van der Waals surface area contributed by atoms with Gasteiger partial charge in [0, 0.05) is 24.7 Å². The summed E-state index contributed by atoms with van der Waals surface area (Å²) in [4.78, 5) is 7.30. The Morgan fingerprint density at radius 1 is 1.04 bits per heavy atom. The van der Waals surface area contributed by atoms with E-state index >= 15 is 0 Å². The van der Waals surface area contributed by atoms with Crippen LogP contribution in [0.25, 0.3) is 11.0 Å². The predicted octanol–water partition coefficient (Wildman–Crippen LogP) is 5.44. The van der Waals surface area contributed by atoms with Crippen LogP contribution in [0.3, 0.4) is 0 Å². The summed E-state index contributed by atoms with van der Waals surface area (Å²) in [5.74, 6) is 0. The number of para-hydroxylation sites is 2. The largest absolute Gasteiger partial charge is 0.311 e. The standard InChI is InChI=1S/C20H28ClN3/c1-20(12-6-2-3-7-13-20)23-14-10-16(11-15-23)24-18-9-5-4-8-17(18)22-19(24)21/h4-5,8-9,16H,2-3,6-7,10-15H2,1H3. The quantitative estimate of drug-likeness (QED) is 0.676. The lowest BCUT2D eigenvalue weighted by Gasteiger charge is -2.45. The number of imidazole rings is 1. The SMILES string of the molecule is CC1(N2CCC(n3c(Cl)nc4ccccc43)CC2)CCCCCC1. The molecule has 0 atom stereocenters. The van der Waals surface area contributed by atoms with Crippen LogP contribution in [0.1, 0.15) is 64.3 Å². The number of likely N-dealkylation sites (tertiary alicyclic amines) is 1. The molecule has 1 aliphatic heterocycles. The third-order valence-corrected chi connectivity index (χ3v) is 6.59. The fourth-order valence-corrected chi connectivity index (χ4v) is 5.15. The van der Waals surface area contributed by atoms with Crippen LogP contribution < -0.4 is 0 Å². The Balaban J connectivity index is 1.50. The molecule has 2 aromatic rings. The zero-order valence-electron chi connectivity index (χ0n) is 14.7. The first-order valence-corrected chi connectivity index (χ1v) is 9.93. The molecule has 1 aromatic carbocycles. The second-order valence-corrected chi connectivity index (χ2v) is 8.21. The maximum atomic E-state index is 6.47. The maximum absolute atomic E-state index is 6.47. The van der Waals surface area contributed by atoms with Gasteiger partial charge in [-0.3, -0.25) is 4.90 Å². The van der Waals surface area contributed by atoms with Crippen molar-refractivity contribution in [3.8, 4) is 0 Å². The molecule has 2 aliphatic rings. The van der Waals surface area contributed by atoms with E-state index in [1.54, 1.807) is 0 Å². The van der Waals surface area contributed by atoms with E-state index in [2.05, 4.69) is 39.6 Å². The lowest BCUT2D eigenvalue weighted by molar-refractivity contribution is 0.0528. The number of hydrogen-bond donors (Lipinski definition) is 0. The van der Waals surface area contributed by atoms with E-state index in [-0.39, 0.29) is 0 Å². The first-order valence-electron chi connectivity index (χ1n) is 9.55. The van der Waals surface area contributed by atoms with Gasteiger partial charge < -0.3 is 4.57 Å². The van der Waals surface area contributed by atoms with Crippen molar-refractivity contribution in [3.63, 3.8) is 0 Å². The van der Waals surface area contributed by atoms with Gasteiger partial charge in [-0.05, 0) is 56.3 Å². The smallest absolute Gasteiger partial charge is 0.204 e. The molecule has 130 valence electrons. The highest BCUT2D eigenvalue weighted by Gasteiger charge is 2.35. The second kappa shape index (κ2) is 6.68. The molecule has 3 nitrogen and oxygen atoms in total. The monoisotopic (exact) mass is 345 g/mol. The van der Waals surface area contributed by atoms with E-state index in [9.17, 15) is 0 Å². The van der Waals surface area contributed by atoms with Crippen LogP contribution in [0.4, 0.5) is 0 Å². The number of benzene rings is 1. The minimum atomic E-state index is 0.419. The van der Waals surface area contributed by atoms with E-state index in [1.165, 1.54) is 70.0 Å². The minimum absolute atomic E-state index is 0.419. The molecule has 1 aromatic heterocycles. The third kappa shape index (κ3) is 2.97. The molecule has 4 heteroatoms. The van der Waals surface area contributed by atoms with Gasteiger partial charge in [0.05, 0.1) is 11.0 Å². The zero-order valence-corrected chi connectivity index (χ0v) is 15.4. The van der Waals surface area contributed by atoms with Crippen LogP contribution in [-0.4, -0.2) is 33.1 Å². The lowest BCUT2D eigenvalue weighted by Crippen LogP contribution is -2.50. The molecule has 4 rings (SSSR count). The Morgan fingerprint density at radius 3 is 2.42 bits per heavy atom. The highest BCUT2D eigenvalue weighted by atomic mass is 35.5. The summed E-state index contributed by atoms with van der Waals surface area (Å²) in [6, 6.07) is 8.80. The van der Waals surface area contributed by atoms with Gasteiger partial charge in [0.2, 0.25) is 5.28 Å². The van der Waals surface area contributed by atoms with Crippen LogP contribution in [0, 0.1) is 0 Å². The first kappa shape index (κ1) is 16.4. The van der Waals surface area contributed by atoms with Gasteiger partial charge in [0.25, 0.3) is 0 Å². The molecule has 0 radical (unpaired) electrons. The second-order valence-electron chi connectivity index (χ2n) is 7.87. The average Bonchev–Trinajstić information content (AvgIpc) is 2.77. The van der Waals surface area contributed by atoms with Crippen molar-refractivity contribution in [2.75, 3.05) is 13.1 Å². The van der Waals surface area contributed by atoms with Gasteiger partial charge in [-0.25, -0.2) is 4.98 Å². The van der Waals surface area contributed by atoms with Crippen molar-refractivity contribution in [3.05, 3.63) is 29.5 Å². The molecular formula is C20H28ClN3. The summed E-state index contributed by atoms with van der Waals surface area (Å²) >= 11 is 6.47. The van der Waals surface area contributed by atoms with E-state index in [0.29, 0.717) is 16.9 Å². The fraction of sp³-hybridized carbons (Fsp3) is 0.650. The molecule has 0 N–H and O–H groups in total. The van der Waals surface area contributed by atoms with Crippen molar-refractivity contribution in [2.45, 2.75) is 69.9 Å². The number of hydrogen-bond acceptors (Lipinski definition) is 2. The van der Waals surface area contributed by atoms with Gasteiger partial charge in [0.15, 0.2) is 0 Å². The van der Waals surface area contributed by atoms with Crippen LogP contribution in [0.15, 0.2) is 24.3 Å². The van der Waals surface area contributed by atoms with Gasteiger partial charge in [-0.1, -0.05) is 37.8 Å². The Kier molecular flexibility index (Phi) is 4.57. The van der Waals surface area contributed by atoms with Gasteiger partial charge in [-0.2, -0.15) is 0 Å². The number of nitrogens with zero attached hydrogens (tertiary/aromatic N) is 3. The molecule has 1 saturated heterocycles. The first-order chi connectivity index (χ1) is 11.7. The predicted molar refractivity (Wildman–Crippen MR) is 101 cm³/mol. The summed E-state index contributed by atoms with van der Waals surface area (Å²) in [5, 5.41) is 0.648. The summed E-state index contributed by atoms with van der Waals surface area (Å²) in [7, 11) is 0. The Morgan fingerprint density at radius 2 is 1.71 bits per heavy atom. The van der Waals surface area contributed by atoms with Gasteiger partial charge >= 0.3 is 0 Å². The van der Waals surface area contributed by atoms with Crippen molar-refractivity contribution in [1.82, 2.24) is 14.5 Å². The fourth-order valence-electron chi connectivity index (χ4n) is 4.83. The molecule has 0 amide bonds. The summed E-state index contributed by atoms with van der Waals surface area (Å²) in [5.41, 5.74) is 2.62. The average molecular weight is 346 g/mol. The van der Waals surface area contributed by atoms with Crippen molar-refractivity contribution in [1.29, 1.82) is 0 Å². The Labute approximate surface area is 150 Å². The van der Waals surface area contributed by atoms with Gasteiger partial charge in [-0.15, -0.1) is 0 Å². The van der Waals surface area contributed by atoms with E-state index in [1.807, 2.05) is 6.07 Å². The number of halogens is 1. The molecule has 0 unspecified atom stereocenters. The Bertz CT molecular complexity index is 692. The van der Waals surface area contributed by atoms with E-state index in [0.717, 1.165) is 5.52 Å². The molecular weight excluding hydrogens is 318 g/mol. The molecule has 1 saturated carbocycles. The summed E-state index contributed by atoms with van der Waals surface area (Å²) in [6.45, 7) is 4.87. The minimum Gasteiger partial charge on any atom is -0.311 e. The number of rotatable bonds is 2. The Hall–Kier alpha value is -1.06. The lowest BCUT2D eigenvalue weighted by atomic mass is 9.88. The zero-order chi connectivity index (χ0) is 16.6. The highest BCUT2D eigenvalue weighted by molar-refractivity contribution is 6.29. The van der Waals surface area contributed by atoms with Crippen LogP contribution >= 0.6 is 11.6 Å². The number of aromatic nitrogens is 2. The maximum Gasteiger partial charge on any atom is 0.204 e. The molecule has 0 bridgehead atoms. The van der Waals surface area contributed by atoms with E-state index in [4.69, 9.17) is 11.6 Å². The highest BCUT2D eigenvalue weighted by Crippen LogP contribution is 2.37. The summed E-state index contributed by atoms with van der Waals surface area (Å²) in [6.07, 6.45) is 10.7. The van der Waals surface area contributed by atoms with Gasteiger partial charge in [0.1, 0.15) is 0 Å². The van der Waals surface area contributed by atoms with Crippen LogP contribution in [0.5, 0.6) is 0 Å². The number of piperidine rings is 1. The third-order valence-electron chi connectivity index (χ3n) is 6.33. The van der Waals surface area contributed by atoms with Crippen molar-refractivity contribution < 1.29 is 0 Å². The normalized spacial score (nSPS) is 23.4. The molecule has 2 heterocycles. The molecule has 1 aliphatic carbocycles. The van der Waals surface area contributed by atoms with E-state index < -0.39 is 0 Å². The van der Waals surface area contributed by atoms with Crippen molar-refractivity contribution in [2.24, 2.45) is 0 Å².